The summed E-state index contributed by atoms with van der Waals surface area (Å²) in [5.74, 6) is -0.0296. The van der Waals surface area contributed by atoms with Gasteiger partial charge in [0, 0.05) is 170 Å². The molecule has 10 aromatic carbocycles. The molecule has 0 saturated carbocycles. The van der Waals surface area contributed by atoms with Crippen LogP contribution in [0.4, 0.5) is 0 Å². The molecule has 0 bridgehead atoms. The first-order chi connectivity index (χ1) is 59.2. The summed E-state index contributed by atoms with van der Waals surface area (Å²) >= 11 is 0. The second-order valence-electron chi connectivity index (χ2n) is 32.9. The van der Waals surface area contributed by atoms with Crippen molar-refractivity contribution in [3.05, 3.63) is 354 Å². The molecule has 10 aromatic rings. The molecule has 5 saturated heterocycles. The first kappa shape index (κ1) is 104. The molecule has 0 unspecified atom stereocenters. The van der Waals surface area contributed by atoms with Gasteiger partial charge in [0.15, 0.2) is 5.78 Å². The number of carbonyl (C=O) groups is 4. The molecule has 3 radical (unpaired) electrons. The molecule has 0 aromatic heterocycles. The van der Waals surface area contributed by atoms with E-state index in [4.69, 9.17) is 5.11 Å². The van der Waals surface area contributed by atoms with E-state index in [2.05, 4.69) is 226 Å². The van der Waals surface area contributed by atoms with E-state index >= 15 is 0 Å². The number of hydrogen-bond acceptors (Lipinski definition) is 13. The molecule has 665 valence electrons. The molecule has 10 aliphatic rings. The van der Waals surface area contributed by atoms with Crippen LogP contribution in [0.5, 0.6) is 0 Å². The summed E-state index contributed by atoms with van der Waals surface area (Å²) in [5, 5.41) is 27.9. The Morgan fingerprint density at radius 3 is 0.817 bits per heavy atom. The number of aliphatic carboxylic acids is 1. The van der Waals surface area contributed by atoms with Crippen molar-refractivity contribution in [3.8, 4) is 0 Å². The van der Waals surface area contributed by atoms with Gasteiger partial charge in [0.25, 0.3) is 0 Å². The van der Waals surface area contributed by atoms with Crippen LogP contribution in [0.3, 0.4) is 0 Å². The zero-order valence-electron chi connectivity index (χ0n) is 75.4. The molecule has 126 heavy (non-hydrogen) atoms. The van der Waals surface area contributed by atoms with Crippen molar-refractivity contribution in [1.29, 1.82) is 0 Å². The van der Waals surface area contributed by atoms with Gasteiger partial charge in [0.1, 0.15) is 6.10 Å². The van der Waals surface area contributed by atoms with E-state index in [0.717, 1.165) is 170 Å². The molecule has 5 N–H and O–H groups in total. The van der Waals surface area contributed by atoms with Crippen LogP contribution in [0.25, 0.3) is 0 Å². The standard InChI is InChI=1S/C21H24N2O.C19H22N2.C18H20N2.C14H12O.C14H10O.C7H14N2O.C5H12N2.C4H10.C3H6O2.3CH4.B.Na.H/c1-2-20(24)22-11-13-23(14-12-22)21-18-9-5-3-7-16(18)15-17-8-4-6-10-19(17)21;1-20-10-12-21(13-11-20)19-17-8-4-2-6-15(17)14-16-7-3-5-9-18(16)19;1-3-7-16-14(5-1)13-15-6-2-4-8-17(15)18(16)20-11-9-19-10-12-20;2*15-14-12-7-3-1-5-10(12)9-11-6-2-4-8-13(11)14;1-2-7(10)9-5-3-8-4-6-9;1-7-4-2-6-3-5-7;1-3-4-2;1-2-3(4)5;;;;;;/h3-10,21H,2,11-15H2,1H3;2-9,19H,10-14H2,1H3;1-8,18-19H,9-13H2;1-8,14-15H,9H2;1-8H,9H2;8H,2-6H2,1H3;6H,2-5H2,1H3;3-4H2,1-2H3;2H2,1H3,(H,4,5);3*1H4;;;/q;;;;;;;;;;;;;+1;-1. The van der Waals surface area contributed by atoms with Crippen LogP contribution in [0.15, 0.2) is 243 Å². The van der Waals surface area contributed by atoms with Crippen LogP contribution >= 0.6 is 0 Å². The largest absolute Gasteiger partial charge is 1.00 e. The Morgan fingerprint density at radius 2 is 0.540 bits per heavy atom. The number of carboxylic acids is 1. The molecular weight excluding hydrogens is 1570 g/mol. The van der Waals surface area contributed by atoms with Gasteiger partial charge in [-0.3, -0.25) is 33.9 Å². The molecule has 5 heterocycles. The Hall–Kier alpha value is -9.02. The van der Waals surface area contributed by atoms with Gasteiger partial charge in [-0.25, -0.2) is 0 Å². The number of hydrogen-bond donors (Lipinski definition) is 5. The average Bonchev–Trinajstić information content (AvgIpc) is 0.788. The van der Waals surface area contributed by atoms with E-state index in [1.807, 2.05) is 109 Å². The Balaban J connectivity index is 0.000000228. The third kappa shape index (κ3) is 27.8. The predicted molar refractivity (Wildman–Crippen MR) is 519 cm³/mol. The second kappa shape index (κ2) is 53.7. The maximum Gasteiger partial charge on any atom is 1.00 e. The number of aliphatic hydroxyl groups is 1. The van der Waals surface area contributed by atoms with Crippen LogP contribution in [-0.4, -0.2) is 221 Å². The number of carbonyl (C=O) groups excluding carboxylic acids is 3. The van der Waals surface area contributed by atoms with E-state index < -0.39 is 12.1 Å². The average molecular weight is 1710 g/mol. The Kier molecular flexibility index (Phi) is 44.3. The minimum atomic E-state index is -0.745. The van der Waals surface area contributed by atoms with Gasteiger partial charge in [-0.15, -0.1) is 0 Å². The molecule has 5 aliphatic carbocycles. The van der Waals surface area contributed by atoms with Gasteiger partial charge in [-0.2, -0.15) is 0 Å². The van der Waals surface area contributed by atoms with Crippen molar-refractivity contribution in [3.63, 3.8) is 0 Å². The van der Waals surface area contributed by atoms with E-state index in [1.165, 1.54) is 117 Å². The van der Waals surface area contributed by atoms with Crippen LogP contribution in [0.1, 0.15) is 231 Å². The monoisotopic (exact) mass is 1710 g/mol. The third-order valence-corrected chi connectivity index (χ3v) is 24.9. The van der Waals surface area contributed by atoms with Gasteiger partial charge in [0.05, 0.1) is 18.1 Å². The number of nitrogens with zero attached hydrogens (tertiary/aromatic N) is 7. The van der Waals surface area contributed by atoms with Gasteiger partial charge >= 0.3 is 35.5 Å². The van der Waals surface area contributed by atoms with E-state index in [9.17, 15) is 24.3 Å². The van der Waals surface area contributed by atoms with Crippen LogP contribution < -0.4 is 45.5 Å². The third-order valence-electron chi connectivity index (χ3n) is 24.9. The Labute approximate surface area is 781 Å². The fourth-order valence-corrected chi connectivity index (χ4v) is 17.9. The van der Waals surface area contributed by atoms with Gasteiger partial charge in [-0.1, -0.05) is 312 Å². The van der Waals surface area contributed by atoms with Gasteiger partial charge < -0.3 is 47.2 Å². The zero-order chi connectivity index (χ0) is 84.8. The minimum absolute atomic E-state index is 0. The van der Waals surface area contributed by atoms with Crippen molar-refractivity contribution in [2.24, 2.45) is 0 Å². The number of aliphatic hydroxyl groups excluding tert-OH is 1. The summed E-state index contributed by atoms with van der Waals surface area (Å²) in [4.78, 5) is 61.0. The van der Waals surface area contributed by atoms with Crippen LogP contribution in [0.2, 0.25) is 0 Å². The topological polar surface area (TPSA) is 168 Å². The number of carboxylic acid groups (broad SMARTS) is 1. The van der Waals surface area contributed by atoms with Crippen LogP contribution in [-0.2, 0) is 46.5 Å². The molecule has 0 spiro atoms. The van der Waals surface area contributed by atoms with Crippen molar-refractivity contribution in [1.82, 2.24) is 50.2 Å². The maximum atomic E-state index is 12.1. The number of nitrogens with one attached hydrogen (secondary N) is 3. The quantitative estimate of drug-likeness (QED) is 0.0956. The summed E-state index contributed by atoms with van der Waals surface area (Å²) in [6, 6.07) is 86.7. The molecule has 16 nitrogen and oxygen atoms in total. The van der Waals surface area contributed by atoms with Crippen LogP contribution in [0, 0.1) is 0 Å². The van der Waals surface area contributed by atoms with Gasteiger partial charge in [0.2, 0.25) is 11.8 Å². The number of unbranched alkanes of at least 4 members (excludes halogenated alkanes) is 1. The summed E-state index contributed by atoms with van der Waals surface area (Å²) in [6.07, 6.45) is 8.64. The van der Waals surface area contributed by atoms with Gasteiger partial charge in [-0.05, 0) is 146 Å². The number of likely N-dealkylation sites (N-methyl/N-ethyl adjacent to an activating group) is 2. The molecular formula is C108H143BN10NaO6. The number of benzene rings is 10. The molecule has 5 aliphatic heterocycles. The van der Waals surface area contributed by atoms with E-state index in [0.29, 0.717) is 31.0 Å². The number of rotatable bonds is 7. The number of amides is 2. The zero-order valence-corrected chi connectivity index (χ0v) is 76.4. The molecule has 20 rings (SSSR count). The smallest absolute Gasteiger partial charge is 1.00 e. The Bertz CT molecular complexity index is 4750. The summed E-state index contributed by atoms with van der Waals surface area (Å²) in [7, 11) is 4.38. The van der Waals surface area contributed by atoms with Crippen molar-refractivity contribution in [2.75, 3.05) is 145 Å². The molecule has 5 fully saturated rings. The first-order valence-electron chi connectivity index (χ1n) is 44.7. The molecule has 2 amide bonds. The number of ketones is 1. The number of fused-ring (bicyclic) bond motifs is 10. The second-order valence-corrected chi connectivity index (χ2v) is 32.9. The fourth-order valence-electron chi connectivity index (χ4n) is 17.9. The van der Waals surface area contributed by atoms with E-state index in [1.54, 1.807) is 6.92 Å². The number of piperazine rings is 5. The summed E-state index contributed by atoms with van der Waals surface area (Å²) < 4.78 is 0. The SMILES string of the molecule is C.C.C.CCC(=O)N1CCN(C2c3ccccc3Cc3ccccc32)CC1.CCC(=O)N1CCNCC1.CCC(=O)O.CCCC.CN1CCN(C2c3ccccc3Cc3ccccc32)CC1.CN1CCNCC1.O=C1c2ccccc2Cc2ccccc21.OC1c2ccccc2Cc2ccccc21.[B].[H-].[Na+].c1ccc2c(c1)Cc1ccccc1C2N1CCNCC1. The predicted octanol–water partition coefficient (Wildman–Crippen LogP) is 14.5. The Morgan fingerprint density at radius 1 is 0.317 bits per heavy atom. The normalized spacial score (nSPS) is 16.6. The van der Waals surface area contributed by atoms with Crippen molar-refractivity contribution < 1.29 is 60.4 Å². The summed E-state index contributed by atoms with van der Waals surface area (Å²) in [5.41, 5.74) is 26.4. The molecule has 18 heteroatoms. The maximum absolute atomic E-state index is 12.1. The summed E-state index contributed by atoms with van der Waals surface area (Å²) in [6.45, 7) is 30.9. The first-order valence-corrected chi connectivity index (χ1v) is 44.7. The van der Waals surface area contributed by atoms with E-state index in [-0.39, 0.29) is 85.7 Å². The molecule has 0 atom stereocenters. The minimum Gasteiger partial charge on any atom is -1.00 e. The van der Waals surface area contributed by atoms with Crippen molar-refractivity contribution in [2.45, 2.75) is 145 Å². The fraction of sp³-hybridized carbons (Fsp3) is 0.407. The van der Waals surface area contributed by atoms with Crippen molar-refractivity contribution >= 4 is 32.0 Å².